The number of rotatable bonds is 2. The predicted molar refractivity (Wildman–Crippen MR) is 84.2 cm³/mol. The number of carbonyl (C=O) groups is 2. The van der Waals surface area contributed by atoms with Crippen LogP contribution in [0.1, 0.15) is 36.6 Å². The van der Waals surface area contributed by atoms with Gasteiger partial charge in [-0.1, -0.05) is 5.16 Å². The van der Waals surface area contributed by atoms with Crippen LogP contribution >= 0.6 is 0 Å². The van der Waals surface area contributed by atoms with Crippen LogP contribution in [0.5, 0.6) is 0 Å². The van der Waals surface area contributed by atoms with Crippen molar-refractivity contribution < 1.29 is 18.3 Å². The van der Waals surface area contributed by atoms with E-state index in [1.807, 2.05) is 13.0 Å². The highest BCUT2D eigenvalue weighted by Crippen LogP contribution is 2.28. The molecule has 126 valence electrons. The number of piperidine rings is 1. The van der Waals surface area contributed by atoms with E-state index in [2.05, 4.69) is 10.5 Å². The molecule has 2 amide bonds. The summed E-state index contributed by atoms with van der Waals surface area (Å²) in [6.07, 6.45) is 2.21. The molecule has 0 aromatic carbocycles. The first-order valence-electron chi connectivity index (χ1n) is 7.91. The molecular weight excluding hydrogens is 318 g/mol. The molecule has 3 rings (SSSR count). The van der Waals surface area contributed by atoms with Gasteiger partial charge >= 0.3 is 11.8 Å². The van der Waals surface area contributed by atoms with Crippen molar-refractivity contribution in [3.8, 4) is 0 Å². The Bertz CT molecular complexity index is 622. The monoisotopic (exact) mass is 339 g/mol. The van der Waals surface area contributed by atoms with Crippen molar-refractivity contribution in [2.75, 3.05) is 24.6 Å². The first-order valence-corrected chi connectivity index (χ1v) is 9.39. The third kappa shape index (κ3) is 3.80. The van der Waals surface area contributed by atoms with Crippen molar-refractivity contribution in [3.63, 3.8) is 0 Å². The second-order valence-corrected chi connectivity index (χ2v) is 7.83. The van der Waals surface area contributed by atoms with Gasteiger partial charge in [-0.15, -0.1) is 0 Å². The SMILES string of the molecule is Cc1cc(C2CCN(C(=O)C(=O)NC3CCS(=O)C3)CC2)on1. The van der Waals surface area contributed by atoms with Crippen LogP contribution in [0.25, 0.3) is 0 Å². The molecular formula is C15H21N3O4S. The van der Waals surface area contributed by atoms with Gasteiger partial charge in [-0.2, -0.15) is 0 Å². The highest BCUT2D eigenvalue weighted by atomic mass is 32.2. The van der Waals surface area contributed by atoms with Gasteiger partial charge in [-0.25, -0.2) is 0 Å². The lowest BCUT2D eigenvalue weighted by atomic mass is 9.94. The van der Waals surface area contributed by atoms with Crippen LogP contribution in [0, 0.1) is 6.92 Å². The van der Waals surface area contributed by atoms with E-state index >= 15 is 0 Å². The third-order valence-corrected chi connectivity index (χ3v) is 5.91. The summed E-state index contributed by atoms with van der Waals surface area (Å²) in [5.41, 5.74) is 0.854. The number of aryl methyl sites for hydroxylation is 1. The summed E-state index contributed by atoms with van der Waals surface area (Å²) < 4.78 is 16.6. The Hall–Kier alpha value is -1.70. The van der Waals surface area contributed by atoms with Gasteiger partial charge in [-0.3, -0.25) is 13.8 Å². The van der Waals surface area contributed by atoms with Gasteiger partial charge in [0.25, 0.3) is 0 Å². The van der Waals surface area contributed by atoms with Gasteiger partial charge in [0.1, 0.15) is 5.76 Å². The van der Waals surface area contributed by atoms with Crippen LogP contribution in [0.15, 0.2) is 10.6 Å². The van der Waals surface area contributed by atoms with Crippen LogP contribution in [-0.2, 0) is 20.4 Å². The Balaban J connectivity index is 1.49. The molecule has 2 aliphatic rings. The topological polar surface area (TPSA) is 92.5 Å². The molecule has 0 bridgehead atoms. The first kappa shape index (κ1) is 16.2. The van der Waals surface area contributed by atoms with Crippen molar-refractivity contribution in [2.45, 2.75) is 38.1 Å². The lowest BCUT2D eigenvalue weighted by molar-refractivity contribution is -0.146. The molecule has 7 nitrogen and oxygen atoms in total. The fourth-order valence-corrected chi connectivity index (χ4v) is 4.52. The largest absolute Gasteiger partial charge is 0.361 e. The number of aromatic nitrogens is 1. The summed E-state index contributed by atoms with van der Waals surface area (Å²) >= 11 is 0. The van der Waals surface area contributed by atoms with Gasteiger partial charge in [0.15, 0.2) is 0 Å². The Kier molecular flexibility index (Phi) is 4.79. The highest BCUT2D eigenvalue weighted by molar-refractivity contribution is 7.85. The molecule has 8 heteroatoms. The summed E-state index contributed by atoms with van der Waals surface area (Å²) in [6, 6.07) is 1.79. The minimum absolute atomic E-state index is 0.137. The van der Waals surface area contributed by atoms with Gasteiger partial charge in [0.2, 0.25) is 0 Å². The van der Waals surface area contributed by atoms with E-state index in [1.54, 1.807) is 4.90 Å². The molecule has 3 heterocycles. The molecule has 0 radical (unpaired) electrons. The summed E-state index contributed by atoms with van der Waals surface area (Å²) in [4.78, 5) is 25.8. The molecule has 0 saturated carbocycles. The summed E-state index contributed by atoms with van der Waals surface area (Å²) in [6.45, 7) is 2.95. The summed E-state index contributed by atoms with van der Waals surface area (Å²) in [7, 11) is -0.867. The van der Waals surface area contributed by atoms with Gasteiger partial charge in [0.05, 0.1) is 5.69 Å². The minimum atomic E-state index is -0.867. The Morgan fingerprint density at radius 3 is 2.65 bits per heavy atom. The third-order valence-electron chi connectivity index (χ3n) is 4.44. The number of likely N-dealkylation sites (tertiary alicyclic amines) is 1. The number of hydrogen-bond acceptors (Lipinski definition) is 5. The lowest BCUT2D eigenvalue weighted by Crippen LogP contribution is -2.48. The van der Waals surface area contributed by atoms with Gasteiger partial charge in [0, 0.05) is 53.4 Å². The lowest BCUT2D eigenvalue weighted by Gasteiger charge is -2.30. The molecule has 2 unspecified atom stereocenters. The second kappa shape index (κ2) is 6.82. The Morgan fingerprint density at radius 2 is 2.09 bits per heavy atom. The predicted octanol–water partition coefficient (Wildman–Crippen LogP) is 0.326. The molecule has 0 spiro atoms. The molecule has 1 N–H and O–H groups in total. The van der Waals surface area contributed by atoms with Gasteiger partial charge in [-0.05, 0) is 26.2 Å². The van der Waals surface area contributed by atoms with Crippen molar-refractivity contribution in [2.24, 2.45) is 0 Å². The smallest absolute Gasteiger partial charge is 0.311 e. The van der Waals surface area contributed by atoms with Crippen molar-refractivity contribution in [1.29, 1.82) is 0 Å². The molecule has 2 aliphatic heterocycles. The van der Waals surface area contributed by atoms with Crippen LogP contribution in [0.2, 0.25) is 0 Å². The van der Waals surface area contributed by atoms with Crippen molar-refractivity contribution >= 4 is 22.6 Å². The second-order valence-electron chi connectivity index (χ2n) is 6.21. The normalized spacial score (nSPS) is 25.5. The fourth-order valence-electron chi connectivity index (χ4n) is 3.11. The van der Waals surface area contributed by atoms with E-state index < -0.39 is 22.6 Å². The zero-order chi connectivity index (χ0) is 16.4. The average molecular weight is 339 g/mol. The van der Waals surface area contributed by atoms with E-state index in [0.717, 1.165) is 24.3 Å². The van der Waals surface area contributed by atoms with E-state index in [4.69, 9.17) is 4.52 Å². The average Bonchev–Trinajstić information content (AvgIpc) is 3.15. The molecule has 23 heavy (non-hydrogen) atoms. The summed E-state index contributed by atoms with van der Waals surface area (Å²) in [5.74, 6) is 1.08. The van der Waals surface area contributed by atoms with Gasteiger partial charge < -0.3 is 14.7 Å². The number of nitrogens with zero attached hydrogens (tertiary/aromatic N) is 2. The van der Waals surface area contributed by atoms with Crippen LogP contribution in [-0.4, -0.2) is 56.7 Å². The maximum Gasteiger partial charge on any atom is 0.311 e. The Morgan fingerprint density at radius 1 is 1.35 bits per heavy atom. The van der Waals surface area contributed by atoms with E-state index in [0.29, 0.717) is 31.0 Å². The number of amides is 2. The van der Waals surface area contributed by atoms with E-state index in [-0.39, 0.29) is 12.0 Å². The number of nitrogens with one attached hydrogen (secondary N) is 1. The number of carbonyl (C=O) groups excluding carboxylic acids is 2. The molecule has 1 aromatic rings. The maximum atomic E-state index is 12.2. The first-order chi connectivity index (χ1) is 11.0. The molecule has 2 atom stereocenters. The van der Waals surface area contributed by atoms with Crippen LogP contribution < -0.4 is 5.32 Å². The van der Waals surface area contributed by atoms with Crippen LogP contribution in [0.4, 0.5) is 0 Å². The highest BCUT2D eigenvalue weighted by Gasteiger charge is 2.31. The zero-order valence-corrected chi connectivity index (χ0v) is 13.9. The maximum absolute atomic E-state index is 12.2. The fraction of sp³-hybridized carbons (Fsp3) is 0.667. The quantitative estimate of drug-likeness (QED) is 0.784. The zero-order valence-electron chi connectivity index (χ0n) is 13.1. The van der Waals surface area contributed by atoms with E-state index in [1.165, 1.54) is 0 Å². The molecule has 2 saturated heterocycles. The summed E-state index contributed by atoms with van der Waals surface area (Å²) in [5, 5.41) is 6.59. The van der Waals surface area contributed by atoms with Crippen LogP contribution in [0.3, 0.4) is 0 Å². The molecule has 2 fully saturated rings. The standard InChI is InChI=1S/C15H21N3O4S/c1-10-8-13(22-17-10)11-2-5-18(6-3-11)15(20)14(19)16-12-4-7-23(21)9-12/h8,11-12H,2-7,9H2,1H3,(H,16,19). The number of hydrogen-bond donors (Lipinski definition) is 1. The Labute approximate surface area is 137 Å². The van der Waals surface area contributed by atoms with Crippen molar-refractivity contribution in [3.05, 3.63) is 17.5 Å². The minimum Gasteiger partial charge on any atom is -0.361 e. The van der Waals surface area contributed by atoms with E-state index in [9.17, 15) is 13.8 Å². The molecule has 1 aromatic heterocycles. The van der Waals surface area contributed by atoms with Crippen molar-refractivity contribution in [1.82, 2.24) is 15.4 Å². The molecule has 0 aliphatic carbocycles.